The highest BCUT2D eigenvalue weighted by Gasteiger charge is 2.43. The molecule has 6 heteroatoms. The minimum atomic E-state index is -0.581. The predicted molar refractivity (Wildman–Crippen MR) is 142 cm³/mol. The van der Waals surface area contributed by atoms with Crippen molar-refractivity contribution < 1.29 is 14.3 Å². The van der Waals surface area contributed by atoms with Crippen LogP contribution in [-0.4, -0.2) is 34.8 Å². The number of guanidine groups is 1. The highest BCUT2D eigenvalue weighted by atomic mass is 16.6. The number of hydrogen-bond donors (Lipinski definition) is 0. The van der Waals surface area contributed by atoms with E-state index in [4.69, 9.17) is 4.74 Å². The summed E-state index contributed by atoms with van der Waals surface area (Å²) in [5, 5.41) is 0. The third-order valence-corrected chi connectivity index (χ3v) is 6.30. The van der Waals surface area contributed by atoms with Gasteiger partial charge in [0.05, 0.1) is 11.7 Å². The lowest BCUT2D eigenvalue weighted by atomic mass is 10.0. The van der Waals surface area contributed by atoms with Crippen LogP contribution in [0.25, 0.3) is 6.08 Å². The minimum Gasteiger partial charge on any atom is -0.444 e. The van der Waals surface area contributed by atoms with Crippen molar-refractivity contribution in [2.75, 3.05) is 7.05 Å². The molecule has 0 bridgehead atoms. The van der Waals surface area contributed by atoms with Crippen LogP contribution < -0.4 is 0 Å². The molecule has 4 rings (SSSR count). The van der Waals surface area contributed by atoms with Gasteiger partial charge in [0, 0.05) is 13.0 Å². The molecule has 2 amide bonds. The molecule has 184 valence electrons. The molecule has 0 N–H and O–H groups in total. The maximum absolute atomic E-state index is 13.6. The van der Waals surface area contributed by atoms with E-state index in [0.29, 0.717) is 12.1 Å². The largest absolute Gasteiger partial charge is 0.444 e. The summed E-state index contributed by atoms with van der Waals surface area (Å²) in [7, 11) is 1.85. The number of carbonyl (C=O) groups excluding carboxylic acids is 2. The highest BCUT2D eigenvalue weighted by molar-refractivity contribution is 6.05. The fourth-order valence-electron chi connectivity index (χ4n) is 4.09. The van der Waals surface area contributed by atoms with E-state index < -0.39 is 6.09 Å². The molecule has 3 aromatic carbocycles. The van der Waals surface area contributed by atoms with E-state index in [1.807, 2.05) is 123 Å². The molecule has 6 nitrogen and oxygen atoms in total. The van der Waals surface area contributed by atoms with Crippen LogP contribution in [-0.2, 0) is 16.1 Å². The average Bonchev–Trinajstić information content (AvgIpc) is 3.18. The predicted octanol–water partition coefficient (Wildman–Crippen LogP) is 6.28. The number of ether oxygens (including phenoxy) is 1. The van der Waals surface area contributed by atoms with E-state index in [1.165, 1.54) is 4.90 Å². The lowest BCUT2D eigenvalue weighted by Gasteiger charge is -2.20. The van der Waals surface area contributed by atoms with Gasteiger partial charge in [-0.3, -0.25) is 4.79 Å². The van der Waals surface area contributed by atoms with Gasteiger partial charge in [-0.25, -0.2) is 9.69 Å². The molecular weight excluding hydrogens is 450 g/mol. The molecule has 3 aromatic rings. The van der Waals surface area contributed by atoms with E-state index >= 15 is 0 Å². The Hall–Kier alpha value is -4.19. The van der Waals surface area contributed by atoms with Gasteiger partial charge >= 0.3 is 6.09 Å². The molecule has 0 aliphatic carbocycles. The zero-order valence-electron chi connectivity index (χ0n) is 20.9. The average molecular weight is 482 g/mol. The maximum Gasteiger partial charge on any atom is 0.421 e. The van der Waals surface area contributed by atoms with Crippen LogP contribution in [0.2, 0.25) is 0 Å². The first-order chi connectivity index (χ1) is 17.5. The van der Waals surface area contributed by atoms with Crippen molar-refractivity contribution in [3.05, 3.63) is 113 Å². The molecule has 1 aliphatic heterocycles. The van der Waals surface area contributed by atoms with Crippen LogP contribution in [0.15, 0.2) is 102 Å². The first-order valence-corrected chi connectivity index (χ1v) is 12.2. The lowest BCUT2D eigenvalue weighted by molar-refractivity contribution is -0.121. The second-order valence-electron chi connectivity index (χ2n) is 8.84. The molecule has 0 radical (unpaired) electrons. The normalized spacial score (nSPS) is 18.5. The van der Waals surface area contributed by atoms with Crippen molar-refractivity contribution >= 4 is 24.0 Å². The molecule has 1 saturated heterocycles. The van der Waals surface area contributed by atoms with Crippen LogP contribution in [0.3, 0.4) is 0 Å². The molecule has 0 saturated carbocycles. The number of amides is 2. The van der Waals surface area contributed by atoms with E-state index in [9.17, 15) is 9.59 Å². The summed E-state index contributed by atoms with van der Waals surface area (Å²) >= 11 is 0. The van der Waals surface area contributed by atoms with Gasteiger partial charge in [0.15, 0.2) is 0 Å². The second kappa shape index (κ2) is 11.5. The molecule has 2 unspecified atom stereocenters. The monoisotopic (exact) mass is 481 g/mol. The molecule has 1 aliphatic rings. The van der Waals surface area contributed by atoms with Crippen molar-refractivity contribution in [1.29, 1.82) is 0 Å². The summed E-state index contributed by atoms with van der Waals surface area (Å²) in [5.74, 6) is -0.271. The third-order valence-electron chi connectivity index (χ3n) is 6.30. The molecule has 36 heavy (non-hydrogen) atoms. The Balaban J connectivity index is 1.81. The van der Waals surface area contributed by atoms with Crippen molar-refractivity contribution in [2.45, 2.75) is 32.9 Å². The third kappa shape index (κ3) is 5.54. The molecular formula is C30H31N3O3. The van der Waals surface area contributed by atoms with Gasteiger partial charge < -0.3 is 9.64 Å². The molecule has 0 spiro atoms. The number of rotatable bonds is 6. The fourth-order valence-corrected chi connectivity index (χ4v) is 4.09. The second-order valence-corrected chi connectivity index (χ2v) is 8.84. The van der Waals surface area contributed by atoms with Gasteiger partial charge in [-0.15, -0.1) is 0 Å². The van der Waals surface area contributed by atoms with E-state index in [0.717, 1.165) is 16.7 Å². The first-order valence-electron chi connectivity index (χ1n) is 12.2. The van der Waals surface area contributed by atoms with Crippen LogP contribution in [0.4, 0.5) is 4.79 Å². The van der Waals surface area contributed by atoms with Crippen LogP contribution >= 0.6 is 0 Å². The smallest absolute Gasteiger partial charge is 0.421 e. The van der Waals surface area contributed by atoms with Gasteiger partial charge in [0.1, 0.15) is 6.61 Å². The lowest BCUT2D eigenvalue weighted by Crippen LogP contribution is -2.37. The van der Waals surface area contributed by atoms with Crippen molar-refractivity contribution in [3.63, 3.8) is 0 Å². The van der Waals surface area contributed by atoms with E-state index in [2.05, 4.69) is 4.99 Å². The van der Waals surface area contributed by atoms with Gasteiger partial charge in [-0.2, -0.15) is 4.99 Å². The Morgan fingerprint density at radius 2 is 1.53 bits per heavy atom. The summed E-state index contributed by atoms with van der Waals surface area (Å²) in [6.45, 7) is 3.90. The zero-order valence-corrected chi connectivity index (χ0v) is 20.9. The Morgan fingerprint density at radius 1 is 0.944 bits per heavy atom. The number of hydrogen-bond acceptors (Lipinski definition) is 3. The van der Waals surface area contributed by atoms with Crippen molar-refractivity contribution in [2.24, 2.45) is 10.9 Å². The molecule has 0 aromatic heterocycles. The summed E-state index contributed by atoms with van der Waals surface area (Å²) < 4.78 is 5.74. The molecule has 1 heterocycles. The van der Waals surface area contributed by atoms with Crippen molar-refractivity contribution in [1.82, 2.24) is 9.80 Å². The van der Waals surface area contributed by atoms with Gasteiger partial charge in [0.2, 0.25) is 5.96 Å². The topological polar surface area (TPSA) is 62.2 Å². The maximum atomic E-state index is 13.6. The van der Waals surface area contributed by atoms with Gasteiger partial charge in [0.25, 0.3) is 5.91 Å². The number of benzene rings is 3. The summed E-state index contributed by atoms with van der Waals surface area (Å²) in [4.78, 5) is 34.3. The fraction of sp³-hybridized carbons (Fsp3) is 0.233. The van der Waals surface area contributed by atoms with Gasteiger partial charge in [-0.1, -0.05) is 105 Å². The summed E-state index contributed by atoms with van der Waals surface area (Å²) in [6.07, 6.45) is 2.03. The Morgan fingerprint density at radius 3 is 2.14 bits per heavy atom. The number of likely N-dealkylation sites (N-methyl/N-ethyl adjacent to an activating group) is 1. The van der Waals surface area contributed by atoms with E-state index in [-0.39, 0.29) is 30.4 Å². The summed E-state index contributed by atoms with van der Waals surface area (Å²) in [6, 6.07) is 28.9. The van der Waals surface area contributed by atoms with Crippen LogP contribution in [0, 0.1) is 5.92 Å². The molecule has 2 atom stereocenters. The summed E-state index contributed by atoms with van der Waals surface area (Å²) in [5.41, 5.74) is 3.45. The SMILES string of the molecule is CCC(C)C(=O)/N=C1\N(C(=O)OCc2ccccc2)/C(=C\c2ccccc2)C(c2ccccc2)N1C. The van der Waals surface area contributed by atoms with Crippen LogP contribution in [0.5, 0.6) is 0 Å². The quantitative estimate of drug-likeness (QED) is 0.416. The number of nitrogens with zero attached hydrogens (tertiary/aromatic N) is 3. The number of aliphatic imine (C=N–C) groups is 1. The molecule has 1 fully saturated rings. The Labute approximate surface area is 212 Å². The first kappa shape index (κ1) is 24.9. The van der Waals surface area contributed by atoms with Crippen molar-refractivity contribution in [3.8, 4) is 0 Å². The standard InChI is InChI=1S/C30H31N3O3/c1-4-22(2)28(34)31-29-32(3)27(25-18-12-7-13-19-25)26(20-23-14-8-5-9-15-23)33(29)30(35)36-21-24-16-10-6-11-17-24/h5-20,22,27H,4,21H2,1-3H3/b26-20-,31-29-. The Kier molecular flexibility index (Phi) is 7.95. The number of carbonyl (C=O) groups is 2. The highest BCUT2D eigenvalue weighted by Crippen LogP contribution is 2.39. The van der Waals surface area contributed by atoms with Crippen LogP contribution in [0.1, 0.15) is 43.0 Å². The van der Waals surface area contributed by atoms with E-state index in [1.54, 1.807) is 0 Å². The van der Waals surface area contributed by atoms with Gasteiger partial charge in [-0.05, 0) is 29.2 Å². The minimum absolute atomic E-state index is 0.112. The Bertz CT molecular complexity index is 1240. The zero-order chi connectivity index (χ0) is 25.5.